The number of nitrogens with one attached hydrogen (secondary N) is 1. The fraction of sp³-hybridized carbons (Fsp3) is 0.474. The lowest BCUT2D eigenvalue weighted by atomic mass is 10.0. The largest absolute Gasteiger partial charge is 0.507 e. The second-order valence-electron chi connectivity index (χ2n) is 7.02. The number of fused-ring (bicyclic) bond motifs is 1. The lowest BCUT2D eigenvalue weighted by Gasteiger charge is -2.47. The van der Waals surface area contributed by atoms with Crippen LogP contribution in [0.5, 0.6) is 0 Å². The molecule has 0 aliphatic carbocycles. The quantitative estimate of drug-likeness (QED) is 0.567. The van der Waals surface area contributed by atoms with Gasteiger partial charge < -0.3 is 14.9 Å². The van der Waals surface area contributed by atoms with Crippen LogP contribution in [0.15, 0.2) is 30.3 Å². The molecule has 29 heavy (non-hydrogen) atoms. The number of aryl methyl sites for hydroxylation is 1. The molecule has 1 aromatic rings. The van der Waals surface area contributed by atoms with E-state index in [0.717, 1.165) is 10.6 Å². The normalized spacial score (nSPS) is 22.8. The molecule has 2 aliphatic rings. The number of benzene rings is 1. The van der Waals surface area contributed by atoms with Crippen LogP contribution >= 0.6 is 0 Å². The predicted molar refractivity (Wildman–Crippen MR) is 98.4 cm³/mol. The minimum absolute atomic E-state index is 0.190. The van der Waals surface area contributed by atoms with Crippen molar-refractivity contribution in [2.75, 3.05) is 6.54 Å². The molecule has 0 aromatic heterocycles. The zero-order chi connectivity index (χ0) is 21.0. The van der Waals surface area contributed by atoms with Gasteiger partial charge in [-0.1, -0.05) is 30.3 Å². The summed E-state index contributed by atoms with van der Waals surface area (Å²) in [6, 6.07) is 7.25. The standard InChI is InChI=1S/C19H23N3O7/c23-15-11-14(17(24)22-16(29-19(27)28)7-4-10-21(15)22)20-13(18(25)26)9-8-12-5-2-1-3-6-12/h1-3,5-6,13-14,16,20H,4,7-11H2,(H,25,26)(H,27,28)/t13?,14-,16?/m0/s1. The Morgan fingerprint density at radius 1 is 1.21 bits per heavy atom. The lowest BCUT2D eigenvalue weighted by molar-refractivity contribution is -0.207. The van der Waals surface area contributed by atoms with Gasteiger partial charge in [-0.2, -0.15) is 0 Å². The molecule has 0 radical (unpaired) electrons. The van der Waals surface area contributed by atoms with E-state index in [2.05, 4.69) is 5.32 Å². The van der Waals surface area contributed by atoms with E-state index in [0.29, 0.717) is 12.8 Å². The van der Waals surface area contributed by atoms with Crippen molar-refractivity contribution in [1.29, 1.82) is 0 Å². The van der Waals surface area contributed by atoms with Crippen molar-refractivity contribution in [2.45, 2.75) is 50.4 Å². The highest BCUT2D eigenvalue weighted by Gasteiger charge is 2.46. The van der Waals surface area contributed by atoms with Crippen LogP contribution in [-0.4, -0.2) is 69.0 Å². The highest BCUT2D eigenvalue weighted by atomic mass is 16.7. The van der Waals surface area contributed by atoms with Crippen LogP contribution in [-0.2, 0) is 25.5 Å². The maximum absolute atomic E-state index is 12.9. The molecule has 2 fully saturated rings. The summed E-state index contributed by atoms with van der Waals surface area (Å²) in [4.78, 5) is 48.1. The van der Waals surface area contributed by atoms with Gasteiger partial charge in [0.05, 0.1) is 12.5 Å². The van der Waals surface area contributed by atoms with Crippen LogP contribution in [0.1, 0.15) is 31.2 Å². The molecule has 156 valence electrons. The Kier molecular flexibility index (Phi) is 6.32. The Labute approximate surface area is 167 Å². The Bertz CT molecular complexity index is 785. The van der Waals surface area contributed by atoms with E-state index in [1.165, 1.54) is 5.01 Å². The first-order valence-electron chi connectivity index (χ1n) is 9.42. The molecule has 2 amide bonds. The smallest absolute Gasteiger partial charge is 0.480 e. The first-order valence-corrected chi connectivity index (χ1v) is 9.42. The maximum Gasteiger partial charge on any atom is 0.507 e. The van der Waals surface area contributed by atoms with E-state index >= 15 is 0 Å². The number of aliphatic carboxylic acids is 1. The van der Waals surface area contributed by atoms with Gasteiger partial charge in [0, 0.05) is 13.0 Å². The van der Waals surface area contributed by atoms with Crippen LogP contribution in [0.25, 0.3) is 0 Å². The van der Waals surface area contributed by atoms with Crippen LogP contribution in [0.4, 0.5) is 4.79 Å². The molecule has 1 aromatic carbocycles. The number of carboxylic acid groups (broad SMARTS) is 2. The lowest BCUT2D eigenvalue weighted by Crippen LogP contribution is -2.68. The molecule has 2 heterocycles. The highest BCUT2D eigenvalue weighted by molar-refractivity contribution is 5.94. The Hall–Kier alpha value is -3.14. The van der Waals surface area contributed by atoms with Gasteiger partial charge in [-0.3, -0.25) is 19.7 Å². The van der Waals surface area contributed by atoms with Crippen LogP contribution in [0.3, 0.4) is 0 Å². The third-order valence-electron chi connectivity index (χ3n) is 5.05. The average Bonchev–Trinajstić information content (AvgIpc) is 2.68. The average molecular weight is 405 g/mol. The van der Waals surface area contributed by atoms with Gasteiger partial charge in [-0.25, -0.2) is 14.8 Å². The molecule has 2 unspecified atom stereocenters. The van der Waals surface area contributed by atoms with Crippen LogP contribution in [0, 0.1) is 0 Å². The number of hydrogen-bond donors (Lipinski definition) is 3. The van der Waals surface area contributed by atoms with Crippen LogP contribution < -0.4 is 5.32 Å². The third kappa shape index (κ3) is 4.83. The topological polar surface area (TPSA) is 136 Å². The Morgan fingerprint density at radius 3 is 2.59 bits per heavy atom. The summed E-state index contributed by atoms with van der Waals surface area (Å²) in [7, 11) is 0. The van der Waals surface area contributed by atoms with Crippen molar-refractivity contribution in [3.05, 3.63) is 35.9 Å². The molecule has 10 nitrogen and oxygen atoms in total. The van der Waals surface area contributed by atoms with Gasteiger partial charge in [0.25, 0.3) is 5.91 Å². The Balaban J connectivity index is 1.71. The van der Waals surface area contributed by atoms with E-state index in [1.807, 2.05) is 30.3 Å². The summed E-state index contributed by atoms with van der Waals surface area (Å²) in [5, 5.41) is 23.4. The van der Waals surface area contributed by atoms with E-state index < -0.39 is 36.3 Å². The predicted octanol–water partition coefficient (Wildman–Crippen LogP) is 0.821. The summed E-state index contributed by atoms with van der Waals surface area (Å²) in [5.74, 6) is -2.07. The molecule has 0 saturated carbocycles. The van der Waals surface area contributed by atoms with E-state index in [1.54, 1.807) is 0 Å². The summed E-state index contributed by atoms with van der Waals surface area (Å²) in [6.07, 6.45) is -1.35. The van der Waals surface area contributed by atoms with Gasteiger partial charge in [-0.15, -0.1) is 0 Å². The molecular formula is C19H23N3O7. The SMILES string of the molecule is O=C(O)OC1CCCN2C(=O)C[C@H](NC(CCc3ccccc3)C(=O)O)C(=O)N12. The van der Waals surface area contributed by atoms with Crippen molar-refractivity contribution < 1.29 is 34.1 Å². The molecule has 3 N–H and O–H groups in total. The van der Waals surface area contributed by atoms with E-state index in [4.69, 9.17) is 9.84 Å². The molecule has 10 heteroatoms. The molecule has 0 spiro atoms. The van der Waals surface area contributed by atoms with Gasteiger partial charge >= 0.3 is 12.1 Å². The second kappa shape index (κ2) is 8.91. The summed E-state index contributed by atoms with van der Waals surface area (Å²) < 4.78 is 4.77. The zero-order valence-corrected chi connectivity index (χ0v) is 15.7. The number of amides is 2. The monoisotopic (exact) mass is 405 g/mol. The molecule has 2 aliphatic heterocycles. The van der Waals surface area contributed by atoms with Crippen molar-refractivity contribution in [3.63, 3.8) is 0 Å². The third-order valence-corrected chi connectivity index (χ3v) is 5.05. The van der Waals surface area contributed by atoms with Crippen molar-refractivity contribution in [1.82, 2.24) is 15.3 Å². The van der Waals surface area contributed by atoms with Gasteiger partial charge in [-0.05, 0) is 24.8 Å². The fourth-order valence-corrected chi connectivity index (χ4v) is 3.67. The number of ether oxygens (including phenoxy) is 1. The van der Waals surface area contributed by atoms with Crippen molar-refractivity contribution in [3.8, 4) is 0 Å². The highest BCUT2D eigenvalue weighted by Crippen LogP contribution is 2.26. The molecular weight excluding hydrogens is 382 g/mol. The molecule has 3 rings (SSSR count). The first-order chi connectivity index (χ1) is 13.9. The first kappa shape index (κ1) is 20.6. The van der Waals surface area contributed by atoms with Crippen LogP contribution in [0.2, 0.25) is 0 Å². The fourth-order valence-electron chi connectivity index (χ4n) is 3.67. The van der Waals surface area contributed by atoms with Gasteiger partial charge in [0.15, 0.2) is 6.23 Å². The number of carbonyl (C=O) groups excluding carboxylic acids is 2. The number of nitrogens with zero attached hydrogens (tertiary/aromatic N) is 2. The summed E-state index contributed by atoms with van der Waals surface area (Å²) in [6.45, 7) is 0.285. The number of hydrogen-bond acceptors (Lipinski definition) is 6. The zero-order valence-electron chi connectivity index (χ0n) is 15.7. The molecule has 0 bridgehead atoms. The molecule has 2 saturated heterocycles. The number of carboxylic acids is 1. The van der Waals surface area contributed by atoms with E-state index in [-0.39, 0.29) is 31.7 Å². The Morgan fingerprint density at radius 2 is 1.93 bits per heavy atom. The van der Waals surface area contributed by atoms with Gasteiger partial charge in [0.2, 0.25) is 5.91 Å². The van der Waals surface area contributed by atoms with Gasteiger partial charge in [0.1, 0.15) is 6.04 Å². The minimum Gasteiger partial charge on any atom is -0.480 e. The summed E-state index contributed by atoms with van der Waals surface area (Å²) >= 11 is 0. The number of hydrazine groups is 1. The molecule has 3 atom stereocenters. The second-order valence-corrected chi connectivity index (χ2v) is 7.02. The van der Waals surface area contributed by atoms with Crippen molar-refractivity contribution >= 4 is 23.9 Å². The minimum atomic E-state index is -1.54. The summed E-state index contributed by atoms with van der Waals surface area (Å²) in [5.41, 5.74) is 0.962. The van der Waals surface area contributed by atoms with E-state index in [9.17, 15) is 24.3 Å². The number of rotatable bonds is 7. The maximum atomic E-state index is 12.9. The number of carbonyl (C=O) groups is 4. The van der Waals surface area contributed by atoms with Crippen molar-refractivity contribution in [2.24, 2.45) is 0 Å².